The summed E-state index contributed by atoms with van der Waals surface area (Å²) in [5, 5.41) is 14.8. The van der Waals surface area contributed by atoms with Crippen LogP contribution in [0, 0.1) is 5.41 Å². The highest BCUT2D eigenvalue weighted by Crippen LogP contribution is 2.15. The van der Waals surface area contributed by atoms with E-state index in [4.69, 9.17) is 14.8 Å². The molecule has 1 saturated heterocycles. The molecule has 2 rings (SSSR count). The third-order valence-corrected chi connectivity index (χ3v) is 6.10. The highest BCUT2D eigenvalue weighted by Gasteiger charge is 2.45. The van der Waals surface area contributed by atoms with Gasteiger partial charge >= 0.3 is 10.3 Å². The summed E-state index contributed by atoms with van der Waals surface area (Å²) in [5.41, 5.74) is -0.777. The number of nitrogens with zero attached hydrogens (tertiary/aromatic N) is 3. The molecule has 0 bridgehead atoms. The molecule has 13 nitrogen and oxygen atoms in total. The predicted octanol–water partition coefficient (Wildman–Crippen LogP) is -1.90. The van der Waals surface area contributed by atoms with Gasteiger partial charge in [0.15, 0.2) is 10.5 Å². The van der Waals surface area contributed by atoms with E-state index >= 15 is 0 Å². The highest BCUT2D eigenvalue weighted by atomic mass is 32.2. The van der Waals surface area contributed by atoms with E-state index in [1.165, 1.54) is 5.38 Å². The first kappa shape index (κ1) is 22.0. The van der Waals surface area contributed by atoms with Crippen LogP contribution in [0.3, 0.4) is 0 Å². The summed E-state index contributed by atoms with van der Waals surface area (Å²) in [7, 11) is -8.69. The summed E-state index contributed by atoms with van der Waals surface area (Å²) in [6.07, 6.45) is 0.364. The molecule has 1 unspecified atom stereocenters. The molecule has 28 heavy (non-hydrogen) atoms. The molecule has 3 N–H and O–H groups in total. The van der Waals surface area contributed by atoms with Crippen molar-refractivity contribution < 1.29 is 35.8 Å². The van der Waals surface area contributed by atoms with Crippen molar-refractivity contribution in [3.63, 3.8) is 0 Å². The first-order valence-corrected chi connectivity index (χ1v) is 11.7. The molecule has 2 heterocycles. The van der Waals surface area contributed by atoms with Crippen LogP contribution in [0.4, 0.5) is 0 Å². The molecule has 1 aliphatic heterocycles. The smallest absolute Gasteiger partial charge is 0.362 e. The summed E-state index contributed by atoms with van der Waals surface area (Å²) in [6.45, 7) is 2.71. The van der Waals surface area contributed by atoms with E-state index in [1.807, 2.05) is 0 Å². The van der Waals surface area contributed by atoms with Crippen LogP contribution in [0.2, 0.25) is 0 Å². The van der Waals surface area contributed by atoms with Crippen molar-refractivity contribution in [2.45, 2.75) is 26.0 Å². The number of β-lactam (4-membered cyclic amide) rings is 1. The number of oxime groups is 1. The molecule has 1 atom stereocenters. The van der Waals surface area contributed by atoms with Gasteiger partial charge in [-0.1, -0.05) is 5.16 Å². The third-order valence-electron chi connectivity index (χ3n) is 3.31. The van der Waals surface area contributed by atoms with Gasteiger partial charge in [0, 0.05) is 5.38 Å². The van der Waals surface area contributed by atoms with Crippen LogP contribution in [0.1, 0.15) is 19.5 Å². The maximum atomic E-state index is 12.6. The van der Waals surface area contributed by atoms with Crippen LogP contribution < -0.4 is 10.1 Å². The van der Waals surface area contributed by atoms with Gasteiger partial charge in [-0.2, -0.15) is 8.42 Å². The number of carbonyl (C=O) groups is 2. The van der Waals surface area contributed by atoms with Crippen molar-refractivity contribution in [3.8, 4) is 0 Å². The van der Waals surface area contributed by atoms with Gasteiger partial charge in [-0.25, -0.2) is 16.7 Å². The van der Waals surface area contributed by atoms with E-state index in [9.17, 15) is 26.4 Å². The predicted molar refractivity (Wildman–Crippen MR) is 96.4 cm³/mol. The molecule has 1 aromatic heterocycles. The van der Waals surface area contributed by atoms with Crippen molar-refractivity contribution in [1.29, 1.82) is 5.41 Å². The first-order chi connectivity index (χ1) is 12.7. The Morgan fingerprint density at radius 3 is 2.50 bits per heavy atom. The Kier molecular flexibility index (Phi) is 5.98. The fraction of sp³-hybridized carbons (Fsp3) is 0.500. The van der Waals surface area contributed by atoms with Crippen LogP contribution >= 0.6 is 11.3 Å². The first-order valence-electron chi connectivity index (χ1n) is 7.53. The Bertz CT molecular complexity index is 1100. The van der Waals surface area contributed by atoms with Crippen molar-refractivity contribution in [1.82, 2.24) is 13.6 Å². The van der Waals surface area contributed by atoms with Gasteiger partial charge in [-0.3, -0.25) is 19.6 Å². The second kappa shape index (κ2) is 7.61. The number of thiazole rings is 1. The number of nitrogens with one attached hydrogen (secondary N) is 2. The van der Waals surface area contributed by atoms with E-state index in [1.54, 1.807) is 13.8 Å². The molecule has 1 aromatic rings. The van der Waals surface area contributed by atoms with Gasteiger partial charge in [0.05, 0.1) is 12.8 Å². The topological polar surface area (TPSA) is 188 Å². The average molecular weight is 455 g/mol. The lowest BCUT2D eigenvalue weighted by Gasteiger charge is -2.35. The number of rotatable bonds is 7. The molecule has 1 fully saturated rings. The van der Waals surface area contributed by atoms with Gasteiger partial charge in [0.25, 0.3) is 11.8 Å². The SMILES string of the molecule is CC(C)ON=C(C(=O)NC1CN(S(=O)(=O)O)C1=O)c1csc(=N)n1S(C)(=O)=O. The quantitative estimate of drug-likeness (QED) is 0.184. The van der Waals surface area contributed by atoms with E-state index in [0.717, 1.165) is 17.6 Å². The Balaban J connectivity index is 2.37. The van der Waals surface area contributed by atoms with Crippen molar-refractivity contribution in [2.75, 3.05) is 12.8 Å². The summed E-state index contributed by atoms with van der Waals surface area (Å²) in [6, 6.07) is -1.26. The molecule has 0 aromatic carbocycles. The largest absolute Gasteiger partial charge is 0.392 e. The van der Waals surface area contributed by atoms with Crippen molar-refractivity contribution >= 4 is 49.2 Å². The second-order valence-electron chi connectivity index (χ2n) is 5.92. The highest BCUT2D eigenvalue weighted by molar-refractivity contribution is 7.89. The molecule has 1 aliphatic rings. The summed E-state index contributed by atoms with van der Waals surface area (Å²) in [4.78, 5) is 29.0. The Hall–Kier alpha value is -2.30. The summed E-state index contributed by atoms with van der Waals surface area (Å²) >= 11 is 0.727. The van der Waals surface area contributed by atoms with Crippen LogP contribution in [0.15, 0.2) is 10.5 Å². The normalized spacial score (nSPS) is 18.2. The molecule has 0 aliphatic carbocycles. The Labute approximate surface area is 164 Å². The van der Waals surface area contributed by atoms with Crippen molar-refractivity contribution in [2.24, 2.45) is 5.16 Å². The maximum absolute atomic E-state index is 12.6. The molecule has 0 saturated carbocycles. The summed E-state index contributed by atoms with van der Waals surface area (Å²) < 4.78 is 55.4. The zero-order valence-electron chi connectivity index (χ0n) is 14.8. The lowest BCUT2D eigenvalue weighted by Crippen LogP contribution is -2.65. The molecule has 0 radical (unpaired) electrons. The van der Waals surface area contributed by atoms with E-state index in [0.29, 0.717) is 3.97 Å². The van der Waals surface area contributed by atoms with Crippen molar-refractivity contribution in [3.05, 3.63) is 15.9 Å². The van der Waals surface area contributed by atoms with Gasteiger partial charge in [0.2, 0.25) is 10.0 Å². The fourth-order valence-electron chi connectivity index (χ4n) is 2.10. The van der Waals surface area contributed by atoms with Crippen LogP contribution in [-0.2, 0) is 34.8 Å². The monoisotopic (exact) mass is 455 g/mol. The zero-order valence-corrected chi connectivity index (χ0v) is 17.3. The maximum Gasteiger partial charge on any atom is 0.362 e. The Morgan fingerprint density at radius 1 is 1.43 bits per heavy atom. The lowest BCUT2D eigenvalue weighted by atomic mass is 10.1. The average Bonchev–Trinajstić information content (AvgIpc) is 2.91. The fourth-order valence-corrected chi connectivity index (χ4v) is 4.82. The number of amides is 2. The standard InChI is InChI=1S/C12H17N5O8S3/c1-6(2)25-15-9(8-5-26-12(13)17(8)27(3,20)21)10(18)14-7-4-16(11(7)19)28(22,23)24/h5-7,13H,4H2,1-3H3,(H,14,18)(H,22,23,24). The molecule has 16 heteroatoms. The molecular weight excluding hydrogens is 438 g/mol. The molecular formula is C12H17N5O8S3. The minimum absolute atomic E-state index is 0.155. The van der Waals surface area contributed by atoms with Crippen LogP contribution in [0.25, 0.3) is 0 Å². The number of hydrogen-bond donors (Lipinski definition) is 3. The van der Waals surface area contributed by atoms with E-state index in [2.05, 4.69) is 10.5 Å². The molecule has 2 amide bonds. The number of aromatic nitrogens is 1. The zero-order chi connectivity index (χ0) is 21.4. The van der Waals surface area contributed by atoms with Gasteiger partial charge in [-0.15, -0.1) is 11.3 Å². The minimum Gasteiger partial charge on any atom is -0.392 e. The number of carbonyl (C=O) groups excluding carboxylic acids is 2. The third kappa shape index (κ3) is 4.57. The Morgan fingerprint density at radius 2 is 2.04 bits per heavy atom. The molecule has 0 spiro atoms. The van der Waals surface area contributed by atoms with Crippen LogP contribution in [0.5, 0.6) is 0 Å². The minimum atomic E-state index is -4.73. The van der Waals surface area contributed by atoms with E-state index < -0.39 is 56.5 Å². The summed E-state index contributed by atoms with van der Waals surface area (Å²) in [5.74, 6) is -2.09. The molecule has 156 valence electrons. The van der Waals surface area contributed by atoms with Gasteiger partial charge in [0.1, 0.15) is 17.8 Å². The van der Waals surface area contributed by atoms with Crippen LogP contribution in [-0.4, -0.2) is 72.1 Å². The van der Waals surface area contributed by atoms with E-state index in [-0.39, 0.29) is 14.8 Å². The second-order valence-corrected chi connectivity index (χ2v) is 9.95. The van der Waals surface area contributed by atoms with Gasteiger partial charge in [-0.05, 0) is 13.8 Å². The number of hydrogen-bond acceptors (Lipinski definition) is 10. The van der Waals surface area contributed by atoms with Gasteiger partial charge < -0.3 is 10.2 Å². The lowest BCUT2D eigenvalue weighted by molar-refractivity contribution is -0.139.